The van der Waals surface area contributed by atoms with Gasteiger partial charge in [-0.3, -0.25) is 4.79 Å². The molecule has 1 saturated heterocycles. The molecule has 1 fully saturated rings. The van der Waals surface area contributed by atoms with Crippen molar-refractivity contribution in [2.24, 2.45) is 5.41 Å². The van der Waals surface area contributed by atoms with Crippen LogP contribution in [-0.4, -0.2) is 42.6 Å². The lowest BCUT2D eigenvalue weighted by atomic mass is 9.82. The van der Waals surface area contributed by atoms with Crippen molar-refractivity contribution in [3.63, 3.8) is 0 Å². The van der Waals surface area contributed by atoms with E-state index in [4.69, 9.17) is 5.11 Å². The number of carboxylic acids is 1. The Morgan fingerprint density at radius 2 is 1.94 bits per heavy atom. The largest absolute Gasteiger partial charge is 0.481 e. The Morgan fingerprint density at radius 3 is 2.35 bits per heavy atom. The third-order valence-electron chi connectivity index (χ3n) is 3.87. The molecule has 0 aromatic heterocycles. The van der Waals surface area contributed by atoms with Gasteiger partial charge in [-0.1, -0.05) is 13.8 Å². The van der Waals surface area contributed by atoms with E-state index in [2.05, 4.69) is 13.8 Å². The monoisotopic (exact) mass is 263 g/mol. The molecule has 0 saturated carbocycles. The number of aliphatic carboxylic acids is 1. The Labute approximate surface area is 103 Å². The Kier molecular flexibility index (Phi) is 4.55. The molecule has 0 unspecified atom stereocenters. The van der Waals surface area contributed by atoms with Crippen LogP contribution < -0.4 is 0 Å². The van der Waals surface area contributed by atoms with Crippen LogP contribution in [0.15, 0.2) is 0 Å². The Morgan fingerprint density at radius 1 is 1.35 bits per heavy atom. The van der Waals surface area contributed by atoms with Gasteiger partial charge < -0.3 is 5.11 Å². The van der Waals surface area contributed by atoms with E-state index in [0.717, 1.165) is 19.3 Å². The van der Waals surface area contributed by atoms with Gasteiger partial charge in [0.25, 0.3) is 0 Å². The van der Waals surface area contributed by atoms with Crippen molar-refractivity contribution < 1.29 is 18.3 Å². The fraction of sp³-hybridized carbons (Fsp3) is 0.909. The Bertz CT molecular complexity index is 373. The fourth-order valence-electron chi connectivity index (χ4n) is 2.30. The zero-order chi connectivity index (χ0) is 13.1. The number of hydrogen-bond donors (Lipinski definition) is 1. The molecule has 0 radical (unpaired) electrons. The van der Waals surface area contributed by atoms with Gasteiger partial charge in [0.05, 0.1) is 12.2 Å². The first-order valence-electron chi connectivity index (χ1n) is 6.05. The van der Waals surface area contributed by atoms with Crippen molar-refractivity contribution in [2.45, 2.75) is 39.5 Å². The smallest absolute Gasteiger partial charge is 0.304 e. The van der Waals surface area contributed by atoms with Crippen molar-refractivity contribution in [1.82, 2.24) is 4.31 Å². The van der Waals surface area contributed by atoms with Crippen LogP contribution in [0.25, 0.3) is 0 Å². The van der Waals surface area contributed by atoms with Gasteiger partial charge in [-0.05, 0) is 24.7 Å². The molecule has 0 aromatic carbocycles. The first-order valence-corrected chi connectivity index (χ1v) is 7.66. The van der Waals surface area contributed by atoms with E-state index in [1.54, 1.807) is 0 Å². The van der Waals surface area contributed by atoms with E-state index in [0.29, 0.717) is 13.1 Å². The van der Waals surface area contributed by atoms with Gasteiger partial charge in [0, 0.05) is 13.1 Å². The summed E-state index contributed by atoms with van der Waals surface area (Å²) in [5.74, 6) is -1.35. The molecular formula is C11H21NO4S. The van der Waals surface area contributed by atoms with E-state index in [1.807, 2.05) is 0 Å². The van der Waals surface area contributed by atoms with Crippen molar-refractivity contribution >= 4 is 16.0 Å². The number of carbonyl (C=O) groups is 1. The van der Waals surface area contributed by atoms with Crippen molar-refractivity contribution in [1.29, 1.82) is 0 Å². The predicted octanol–water partition coefficient (Wildman–Crippen LogP) is 1.30. The summed E-state index contributed by atoms with van der Waals surface area (Å²) >= 11 is 0. The molecule has 0 atom stereocenters. The average Bonchev–Trinajstić information content (AvgIpc) is 2.72. The number of rotatable bonds is 6. The van der Waals surface area contributed by atoms with E-state index < -0.39 is 16.0 Å². The molecule has 17 heavy (non-hydrogen) atoms. The third kappa shape index (κ3) is 3.42. The molecule has 1 heterocycles. The molecule has 0 aromatic rings. The standard InChI is InChI=1S/C11H21NO4S/c1-3-11(4-2)6-7-12(9-11)17(15,16)8-5-10(13)14/h3-9H2,1-2H3,(H,13,14). The fourth-order valence-corrected chi connectivity index (χ4v) is 3.83. The first kappa shape index (κ1) is 14.4. The van der Waals surface area contributed by atoms with Crippen LogP contribution in [0.5, 0.6) is 0 Å². The van der Waals surface area contributed by atoms with Crippen LogP contribution in [0.4, 0.5) is 0 Å². The highest BCUT2D eigenvalue weighted by molar-refractivity contribution is 7.89. The summed E-state index contributed by atoms with van der Waals surface area (Å²) in [5.41, 5.74) is 0.0935. The molecule has 1 aliphatic rings. The molecule has 100 valence electrons. The minimum Gasteiger partial charge on any atom is -0.481 e. The normalized spacial score (nSPS) is 20.6. The topological polar surface area (TPSA) is 74.7 Å². The summed E-state index contributed by atoms with van der Waals surface area (Å²) in [5, 5.41) is 8.53. The predicted molar refractivity (Wildman–Crippen MR) is 65.2 cm³/mol. The second kappa shape index (κ2) is 5.35. The van der Waals surface area contributed by atoms with Crippen LogP contribution in [0.2, 0.25) is 0 Å². The summed E-state index contributed by atoms with van der Waals surface area (Å²) in [7, 11) is -3.39. The van der Waals surface area contributed by atoms with E-state index >= 15 is 0 Å². The lowest BCUT2D eigenvalue weighted by molar-refractivity contribution is -0.136. The van der Waals surface area contributed by atoms with Crippen LogP contribution in [-0.2, 0) is 14.8 Å². The second-order valence-electron chi connectivity index (χ2n) is 4.75. The number of carboxylic acid groups (broad SMARTS) is 1. The maximum atomic E-state index is 11.9. The Hall–Kier alpha value is -0.620. The number of hydrogen-bond acceptors (Lipinski definition) is 3. The van der Waals surface area contributed by atoms with E-state index in [9.17, 15) is 13.2 Å². The van der Waals surface area contributed by atoms with Gasteiger partial charge in [0.15, 0.2) is 0 Å². The van der Waals surface area contributed by atoms with Gasteiger partial charge in [0.2, 0.25) is 10.0 Å². The van der Waals surface area contributed by atoms with Gasteiger partial charge in [-0.15, -0.1) is 0 Å². The molecule has 0 amide bonds. The van der Waals surface area contributed by atoms with Gasteiger partial charge in [-0.25, -0.2) is 12.7 Å². The SMILES string of the molecule is CCC1(CC)CCN(S(=O)(=O)CCC(=O)O)C1. The molecule has 0 spiro atoms. The lowest BCUT2D eigenvalue weighted by Gasteiger charge is -2.26. The number of nitrogens with zero attached hydrogens (tertiary/aromatic N) is 1. The van der Waals surface area contributed by atoms with Gasteiger partial charge in [0.1, 0.15) is 0 Å². The summed E-state index contributed by atoms with van der Waals surface area (Å²) in [6.07, 6.45) is 2.50. The minimum absolute atomic E-state index is 0.0935. The summed E-state index contributed by atoms with van der Waals surface area (Å²) in [4.78, 5) is 10.4. The quantitative estimate of drug-likeness (QED) is 0.784. The maximum absolute atomic E-state index is 11.9. The van der Waals surface area contributed by atoms with Crippen LogP contribution in [0.1, 0.15) is 39.5 Å². The van der Waals surface area contributed by atoms with Crippen molar-refractivity contribution in [2.75, 3.05) is 18.8 Å². The zero-order valence-corrected chi connectivity index (χ0v) is 11.3. The molecule has 5 nitrogen and oxygen atoms in total. The molecule has 0 aliphatic carbocycles. The highest BCUT2D eigenvalue weighted by Gasteiger charge is 2.39. The van der Waals surface area contributed by atoms with Crippen molar-refractivity contribution in [3.8, 4) is 0 Å². The van der Waals surface area contributed by atoms with E-state index in [-0.39, 0.29) is 17.6 Å². The zero-order valence-electron chi connectivity index (χ0n) is 10.5. The lowest BCUT2D eigenvalue weighted by Crippen LogP contribution is -2.34. The van der Waals surface area contributed by atoms with Gasteiger partial charge in [-0.2, -0.15) is 0 Å². The first-order chi connectivity index (χ1) is 7.85. The minimum atomic E-state index is -3.39. The van der Waals surface area contributed by atoms with Crippen molar-refractivity contribution in [3.05, 3.63) is 0 Å². The Balaban J connectivity index is 2.67. The molecule has 6 heteroatoms. The highest BCUT2D eigenvalue weighted by atomic mass is 32.2. The molecule has 1 rings (SSSR count). The molecular weight excluding hydrogens is 242 g/mol. The number of sulfonamides is 1. The van der Waals surface area contributed by atoms with E-state index in [1.165, 1.54) is 4.31 Å². The molecule has 1 N–H and O–H groups in total. The van der Waals surface area contributed by atoms with Gasteiger partial charge >= 0.3 is 5.97 Å². The summed E-state index contributed by atoms with van der Waals surface area (Å²) in [6.45, 7) is 5.24. The molecule has 1 aliphatic heterocycles. The summed E-state index contributed by atoms with van der Waals surface area (Å²) < 4.78 is 25.3. The highest BCUT2D eigenvalue weighted by Crippen LogP contribution is 2.38. The molecule has 0 bridgehead atoms. The maximum Gasteiger partial charge on any atom is 0.304 e. The van der Waals surface area contributed by atoms with Crippen LogP contribution in [0, 0.1) is 5.41 Å². The summed E-state index contributed by atoms with van der Waals surface area (Å²) in [6, 6.07) is 0. The van der Waals surface area contributed by atoms with Crippen LogP contribution >= 0.6 is 0 Å². The third-order valence-corrected chi connectivity index (χ3v) is 5.69. The second-order valence-corrected chi connectivity index (χ2v) is 6.84. The average molecular weight is 263 g/mol. The van der Waals surface area contributed by atoms with Crippen LogP contribution in [0.3, 0.4) is 0 Å².